The Morgan fingerprint density at radius 1 is 0.931 bits per heavy atom. The van der Waals surface area contributed by atoms with Crippen LogP contribution in [0.2, 0.25) is 5.02 Å². The van der Waals surface area contributed by atoms with Gasteiger partial charge in [0, 0.05) is 23.8 Å². The zero-order chi connectivity index (χ0) is 20.2. The molecule has 1 aliphatic heterocycles. The second kappa shape index (κ2) is 8.68. The number of benzene rings is 3. The Labute approximate surface area is 178 Å². The summed E-state index contributed by atoms with van der Waals surface area (Å²) in [5.74, 6) is 1.19. The third-order valence-corrected chi connectivity index (χ3v) is 5.09. The molecule has 0 amide bonds. The van der Waals surface area contributed by atoms with Crippen LogP contribution < -0.4 is 14.8 Å². The standard InChI is InChI=1S/C22H18ClFN2O2S/c23-17-4-8-19(9-5-17)25-22(29)26(12-15-1-6-18(24)7-2-15)13-16-3-10-20-21(11-16)28-14-27-20/h1-11H,12-14H2,(H,25,29). The Morgan fingerprint density at radius 3 is 2.34 bits per heavy atom. The van der Waals surface area contributed by atoms with Crippen LogP contribution in [0, 0.1) is 5.82 Å². The summed E-state index contributed by atoms with van der Waals surface area (Å²) in [6, 6.07) is 19.6. The SMILES string of the molecule is Fc1ccc(CN(Cc2ccc3c(c2)OCO3)C(=S)Nc2ccc(Cl)cc2)cc1. The zero-order valence-corrected chi connectivity index (χ0v) is 17.0. The van der Waals surface area contributed by atoms with Crippen LogP contribution in [0.5, 0.6) is 11.5 Å². The van der Waals surface area contributed by atoms with Gasteiger partial charge in [-0.1, -0.05) is 29.8 Å². The lowest BCUT2D eigenvalue weighted by Crippen LogP contribution is -2.33. The molecule has 0 saturated carbocycles. The average Bonchev–Trinajstić information content (AvgIpc) is 3.19. The maximum Gasteiger partial charge on any atom is 0.231 e. The van der Waals surface area contributed by atoms with E-state index in [0.717, 1.165) is 28.3 Å². The van der Waals surface area contributed by atoms with Gasteiger partial charge in [0.05, 0.1) is 0 Å². The summed E-state index contributed by atoms with van der Waals surface area (Å²) < 4.78 is 24.1. The molecular formula is C22H18ClFN2O2S. The topological polar surface area (TPSA) is 33.7 Å². The van der Waals surface area contributed by atoms with E-state index in [1.54, 1.807) is 24.3 Å². The first-order valence-corrected chi connectivity index (χ1v) is 9.80. The minimum Gasteiger partial charge on any atom is -0.454 e. The van der Waals surface area contributed by atoms with E-state index in [1.165, 1.54) is 12.1 Å². The Hall–Kier alpha value is -2.83. The number of hydrogen-bond donors (Lipinski definition) is 1. The second-order valence-electron chi connectivity index (χ2n) is 6.61. The summed E-state index contributed by atoms with van der Waals surface area (Å²) in [6.07, 6.45) is 0. The highest BCUT2D eigenvalue weighted by Crippen LogP contribution is 2.33. The fourth-order valence-corrected chi connectivity index (χ4v) is 3.38. The van der Waals surface area contributed by atoms with E-state index in [1.807, 2.05) is 35.2 Å². The fraction of sp³-hybridized carbons (Fsp3) is 0.136. The van der Waals surface area contributed by atoms with Crippen LogP contribution in [0.3, 0.4) is 0 Å². The van der Waals surface area contributed by atoms with E-state index in [-0.39, 0.29) is 12.6 Å². The Kier molecular flexibility index (Phi) is 5.83. The van der Waals surface area contributed by atoms with Gasteiger partial charge in [0.25, 0.3) is 0 Å². The van der Waals surface area contributed by atoms with Crippen molar-refractivity contribution >= 4 is 34.6 Å². The van der Waals surface area contributed by atoms with Gasteiger partial charge in [-0.25, -0.2) is 4.39 Å². The lowest BCUT2D eigenvalue weighted by Gasteiger charge is -2.26. The molecule has 0 aromatic heterocycles. The molecule has 0 bridgehead atoms. The highest BCUT2D eigenvalue weighted by Gasteiger charge is 2.16. The van der Waals surface area contributed by atoms with Crippen LogP contribution in [0.15, 0.2) is 66.7 Å². The normalized spacial score (nSPS) is 11.9. The first kappa shape index (κ1) is 19.5. The van der Waals surface area contributed by atoms with Gasteiger partial charge in [-0.3, -0.25) is 0 Å². The lowest BCUT2D eigenvalue weighted by molar-refractivity contribution is 0.174. The van der Waals surface area contributed by atoms with Gasteiger partial charge in [0.15, 0.2) is 16.6 Å². The first-order valence-electron chi connectivity index (χ1n) is 9.01. The van der Waals surface area contributed by atoms with Crippen molar-refractivity contribution in [3.05, 3.63) is 88.7 Å². The first-order chi connectivity index (χ1) is 14.1. The zero-order valence-electron chi connectivity index (χ0n) is 15.4. The Balaban J connectivity index is 1.54. The van der Waals surface area contributed by atoms with E-state index in [2.05, 4.69) is 5.32 Å². The molecule has 0 radical (unpaired) electrons. The van der Waals surface area contributed by atoms with E-state index < -0.39 is 0 Å². The molecule has 0 spiro atoms. The number of ether oxygens (including phenoxy) is 2. The predicted molar refractivity (Wildman–Crippen MR) is 116 cm³/mol. The van der Waals surface area contributed by atoms with Gasteiger partial charge < -0.3 is 19.7 Å². The summed E-state index contributed by atoms with van der Waals surface area (Å²) in [6.45, 7) is 1.30. The van der Waals surface area contributed by atoms with Crippen LogP contribution in [-0.2, 0) is 13.1 Å². The highest BCUT2D eigenvalue weighted by atomic mass is 35.5. The Morgan fingerprint density at radius 2 is 1.59 bits per heavy atom. The van der Waals surface area contributed by atoms with Gasteiger partial charge in [-0.15, -0.1) is 0 Å². The van der Waals surface area contributed by atoms with Gasteiger partial charge >= 0.3 is 0 Å². The van der Waals surface area contributed by atoms with Crippen molar-refractivity contribution in [2.45, 2.75) is 13.1 Å². The van der Waals surface area contributed by atoms with Gasteiger partial charge in [0.2, 0.25) is 6.79 Å². The van der Waals surface area contributed by atoms with Crippen molar-refractivity contribution in [1.82, 2.24) is 4.90 Å². The van der Waals surface area contributed by atoms with Crippen LogP contribution >= 0.6 is 23.8 Å². The molecule has 7 heteroatoms. The number of thiocarbonyl (C=S) groups is 1. The third kappa shape index (κ3) is 4.96. The number of halogens is 2. The van der Waals surface area contributed by atoms with Crippen molar-refractivity contribution < 1.29 is 13.9 Å². The molecule has 0 saturated heterocycles. The largest absolute Gasteiger partial charge is 0.454 e. The molecular weight excluding hydrogens is 411 g/mol. The predicted octanol–water partition coefficient (Wildman–Crippen LogP) is 5.61. The molecule has 0 unspecified atom stereocenters. The quantitative estimate of drug-likeness (QED) is 0.534. The van der Waals surface area contributed by atoms with Crippen molar-refractivity contribution in [3.8, 4) is 11.5 Å². The van der Waals surface area contributed by atoms with E-state index in [9.17, 15) is 4.39 Å². The molecule has 4 nitrogen and oxygen atoms in total. The molecule has 0 atom stereocenters. The maximum atomic E-state index is 13.3. The summed E-state index contributed by atoms with van der Waals surface area (Å²) in [7, 11) is 0. The number of nitrogens with one attached hydrogen (secondary N) is 1. The molecule has 1 heterocycles. The minimum atomic E-state index is -0.266. The van der Waals surface area contributed by atoms with Crippen LogP contribution in [0.4, 0.5) is 10.1 Å². The number of nitrogens with zero attached hydrogens (tertiary/aromatic N) is 1. The van der Waals surface area contributed by atoms with Crippen LogP contribution in [-0.4, -0.2) is 16.8 Å². The summed E-state index contributed by atoms with van der Waals surface area (Å²) in [5, 5.41) is 4.45. The average molecular weight is 429 g/mol. The summed E-state index contributed by atoms with van der Waals surface area (Å²) >= 11 is 11.6. The second-order valence-corrected chi connectivity index (χ2v) is 7.43. The highest BCUT2D eigenvalue weighted by molar-refractivity contribution is 7.80. The molecule has 29 heavy (non-hydrogen) atoms. The molecule has 3 aromatic carbocycles. The molecule has 1 aliphatic rings. The van der Waals surface area contributed by atoms with Gasteiger partial charge in [0.1, 0.15) is 5.82 Å². The molecule has 0 aliphatic carbocycles. The number of rotatable bonds is 5. The number of hydrogen-bond acceptors (Lipinski definition) is 3. The third-order valence-electron chi connectivity index (χ3n) is 4.48. The van der Waals surface area contributed by atoms with Crippen LogP contribution in [0.25, 0.3) is 0 Å². The monoisotopic (exact) mass is 428 g/mol. The van der Waals surface area contributed by atoms with Gasteiger partial charge in [-0.2, -0.15) is 0 Å². The molecule has 0 fully saturated rings. The van der Waals surface area contributed by atoms with Crippen molar-refractivity contribution in [3.63, 3.8) is 0 Å². The lowest BCUT2D eigenvalue weighted by atomic mass is 10.1. The smallest absolute Gasteiger partial charge is 0.231 e. The van der Waals surface area contributed by atoms with Crippen molar-refractivity contribution in [2.24, 2.45) is 0 Å². The molecule has 148 valence electrons. The van der Waals surface area contributed by atoms with Crippen molar-refractivity contribution in [2.75, 3.05) is 12.1 Å². The van der Waals surface area contributed by atoms with Crippen LogP contribution in [0.1, 0.15) is 11.1 Å². The van der Waals surface area contributed by atoms with E-state index in [0.29, 0.717) is 23.2 Å². The minimum absolute atomic E-state index is 0.231. The number of fused-ring (bicyclic) bond motifs is 1. The molecule has 3 aromatic rings. The van der Waals surface area contributed by atoms with E-state index in [4.69, 9.17) is 33.3 Å². The summed E-state index contributed by atoms with van der Waals surface area (Å²) in [5.41, 5.74) is 2.82. The van der Waals surface area contributed by atoms with Crippen molar-refractivity contribution in [1.29, 1.82) is 0 Å². The number of anilines is 1. The fourth-order valence-electron chi connectivity index (χ4n) is 3.01. The van der Waals surface area contributed by atoms with Gasteiger partial charge in [-0.05, 0) is 71.9 Å². The maximum absolute atomic E-state index is 13.3. The summed E-state index contributed by atoms with van der Waals surface area (Å²) in [4.78, 5) is 2.01. The molecule has 1 N–H and O–H groups in total. The Bertz CT molecular complexity index is 1010. The molecule has 4 rings (SSSR count). The van der Waals surface area contributed by atoms with E-state index >= 15 is 0 Å².